The topological polar surface area (TPSA) is 38.4 Å². The average Bonchev–Trinajstić information content (AvgIpc) is 3.47. The van der Waals surface area contributed by atoms with Crippen LogP contribution in [-0.4, -0.2) is 10.7 Å². The van der Waals surface area contributed by atoms with E-state index < -0.39 is 0 Å². The van der Waals surface area contributed by atoms with Gasteiger partial charge in [-0.2, -0.15) is 0 Å². The van der Waals surface area contributed by atoms with Crippen LogP contribution in [0.5, 0.6) is 0 Å². The van der Waals surface area contributed by atoms with Gasteiger partial charge in [-0.1, -0.05) is 134 Å². The lowest BCUT2D eigenvalue weighted by atomic mass is 9.99. The molecule has 7 rings (SSSR count). The second kappa shape index (κ2) is 11.5. The number of nitrogens with zero attached hydrogens (tertiary/aromatic N) is 2. The maximum Gasteiger partial charge on any atom is 0.162 e. The van der Waals surface area contributed by atoms with Gasteiger partial charge in [0.2, 0.25) is 0 Å². The molecule has 3 nitrogen and oxygen atoms in total. The van der Waals surface area contributed by atoms with Crippen molar-refractivity contribution in [1.29, 1.82) is 0 Å². The lowest BCUT2D eigenvalue weighted by molar-refractivity contribution is 0.669. The number of pyridine rings is 1. The van der Waals surface area contributed by atoms with E-state index >= 15 is 0 Å². The highest BCUT2D eigenvalue weighted by atomic mass is 16.3. The maximum absolute atomic E-state index is 6.42. The van der Waals surface area contributed by atoms with E-state index in [0.717, 1.165) is 83.3 Å². The van der Waals surface area contributed by atoms with E-state index in [0.29, 0.717) is 0 Å². The van der Waals surface area contributed by atoms with Gasteiger partial charge in [0.25, 0.3) is 0 Å². The zero-order valence-electron chi connectivity index (χ0n) is 24.5. The molecule has 0 fully saturated rings. The largest absolute Gasteiger partial charge is 0.454 e. The maximum atomic E-state index is 6.42. The lowest BCUT2D eigenvalue weighted by Gasteiger charge is -2.12. The van der Waals surface area contributed by atoms with Crippen molar-refractivity contribution >= 4 is 49.8 Å². The Morgan fingerprint density at radius 2 is 1.27 bits per heavy atom. The fraction of sp³-hybridized carbons (Fsp3) is 0.0244. The quantitative estimate of drug-likeness (QED) is 0.142. The van der Waals surface area contributed by atoms with Crippen LogP contribution >= 0.6 is 0 Å². The smallest absolute Gasteiger partial charge is 0.162 e. The molecule has 0 amide bonds. The van der Waals surface area contributed by atoms with E-state index in [2.05, 4.69) is 79.9 Å². The molecule has 2 aromatic heterocycles. The summed E-state index contributed by atoms with van der Waals surface area (Å²) in [6.07, 6.45) is 2.04. The summed E-state index contributed by atoms with van der Waals surface area (Å²) < 4.78 is 6.42. The number of hydrogen-bond donors (Lipinski definition) is 0. The first-order chi connectivity index (χ1) is 21.6. The average molecular weight is 567 g/mol. The van der Waals surface area contributed by atoms with Gasteiger partial charge < -0.3 is 4.42 Å². The lowest BCUT2D eigenvalue weighted by Crippen LogP contribution is -2.03. The highest BCUT2D eigenvalue weighted by Crippen LogP contribution is 2.39. The van der Waals surface area contributed by atoms with Crippen LogP contribution in [0.1, 0.15) is 23.6 Å². The molecule has 0 unspecified atom stereocenters. The van der Waals surface area contributed by atoms with E-state index in [1.807, 2.05) is 79.7 Å². The summed E-state index contributed by atoms with van der Waals surface area (Å²) in [6, 6.07) is 45.1. The van der Waals surface area contributed by atoms with E-state index in [4.69, 9.17) is 14.4 Å². The fourth-order valence-electron chi connectivity index (χ4n) is 5.63. The molecule has 0 aliphatic rings. The van der Waals surface area contributed by atoms with Crippen LogP contribution in [-0.2, 0) is 0 Å². The minimum absolute atomic E-state index is 0.792. The van der Waals surface area contributed by atoms with Gasteiger partial charge >= 0.3 is 0 Å². The molecule has 0 saturated carbocycles. The van der Waals surface area contributed by atoms with Crippen LogP contribution in [0.3, 0.4) is 0 Å². The fourth-order valence-corrected chi connectivity index (χ4v) is 5.63. The SMILES string of the molecule is C=C(C)C(=N/C(=C\C(=C)c1ccccc1)c1ccccc1)c1ccc(-c2nc3ccccc3c3c2oc2ccccc23)cc1. The van der Waals surface area contributed by atoms with Gasteiger partial charge in [-0.05, 0) is 41.8 Å². The van der Waals surface area contributed by atoms with Crippen LogP contribution in [0.2, 0.25) is 0 Å². The van der Waals surface area contributed by atoms with Gasteiger partial charge in [-0.3, -0.25) is 0 Å². The van der Waals surface area contributed by atoms with Crippen molar-refractivity contribution in [3.8, 4) is 11.3 Å². The molecular weight excluding hydrogens is 536 g/mol. The first kappa shape index (κ1) is 27.1. The molecule has 0 saturated heterocycles. The molecule has 2 heterocycles. The molecule has 0 aliphatic carbocycles. The highest BCUT2D eigenvalue weighted by molar-refractivity contribution is 6.21. The third kappa shape index (κ3) is 5.05. The van der Waals surface area contributed by atoms with Crippen LogP contribution in [0.25, 0.3) is 55.4 Å². The van der Waals surface area contributed by atoms with Gasteiger partial charge in [0, 0.05) is 32.8 Å². The second-order valence-electron chi connectivity index (χ2n) is 10.9. The summed E-state index contributed by atoms with van der Waals surface area (Å²) in [5, 5.41) is 3.26. The standard InChI is InChI=1S/C41H30N2O/c1-27(2)39(43-36(30-16-8-5-9-17-30)26-28(3)29-14-6-4-7-15-29)31-22-24-32(25-23-31)40-41-38(33-18-10-12-20-35(33)42-40)34-19-11-13-21-37(34)44-41/h4-26H,1,3H2,2H3/b36-26-,43-39?. The molecule has 44 heavy (non-hydrogen) atoms. The summed E-state index contributed by atoms with van der Waals surface area (Å²) in [6.45, 7) is 10.6. The van der Waals surface area contributed by atoms with Gasteiger partial charge in [0.15, 0.2) is 5.58 Å². The predicted molar refractivity (Wildman–Crippen MR) is 186 cm³/mol. The van der Waals surface area contributed by atoms with Crippen molar-refractivity contribution in [1.82, 2.24) is 4.98 Å². The van der Waals surface area contributed by atoms with Gasteiger partial charge in [0.1, 0.15) is 11.3 Å². The second-order valence-corrected chi connectivity index (χ2v) is 10.9. The van der Waals surface area contributed by atoms with Crippen molar-refractivity contribution < 1.29 is 4.42 Å². The van der Waals surface area contributed by atoms with Crippen molar-refractivity contribution in [2.24, 2.45) is 4.99 Å². The van der Waals surface area contributed by atoms with Crippen molar-refractivity contribution in [3.63, 3.8) is 0 Å². The van der Waals surface area contributed by atoms with Crippen LogP contribution in [0.15, 0.2) is 168 Å². The first-order valence-corrected chi connectivity index (χ1v) is 14.6. The van der Waals surface area contributed by atoms with Crippen LogP contribution in [0, 0.1) is 0 Å². The van der Waals surface area contributed by atoms with Gasteiger partial charge in [-0.25, -0.2) is 9.98 Å². The molecule has 0 atom stereocenters. The molecule has 0 bridgehead atoms. The molecule has 3 heteroatoms. The third-order valence-electron chi connectivity index (χ3n) is 7.81. The molecule has 5 aromatic carbocycles. The number of aromatic nitrogens is 1. The number of benzene rings is 5. The number of hydrogen-bond acceptors (Lipinski definition) is 3. The number of fused-ring (bicyclic) bond motifs is 5. The van der Waals surface area contributed by atoms with Crippen molar-refractivity contribution in [2.45, 2.75) is 6.92 Å². The van der Waals surface area contributed by atoms with Crippen LogP contribution < -0.4 is 0 Å². The Balaban J connectivity index is 1.34. The molecule has 210 valence electrons. The Morgan fingerprint density at radius 3 is 1.98 bits per heavy atom. The Labute approximate surface area is 256 Å². The van der Waals surface area contributed by atoms with E-state index in [1.54, 1.807) is 0 Å². The Hall–Kier alpha value is -5.80. The summed E-state index contributed by atoms with van der Waals surface area (Å²) in [7, 11) is 0. The van der Waals surface area contributed by atoms with Crippen LogP contribution in [0.4, 0.5) is 0 Å². The summed E-state index contributed by atoms with van der Waals surface area (Å²) in [5.41, 5.74) is 10.8. The predicted octanol–water partition coefficient (Wildman–Crippen LogP) is 10.9. The normalized spacial score (nSPS) is 12.2. The number of allylic oxidation sites excluding steroid dienone is 3. The third-order valence-corrected chi connectivity index (χ3v) is 7.81. The molecule has 0 radical (unpaired) electrons. The molecule has 0 spiro atoms. The molecule has 0 aliphatic heterocycles. The first-order valence-electron chi connectivity index (χ1n) is 14.6. The minimum atomic E-state index is 0.792. The van der Waals surface area contributed by atoms with E-state index in [-0.39, 0.29) is 0 Å². The zero-order valence-corrected chi connectivity index (χ0v) is 24.5. The Bertz CT molecular complexity index is 2240. The number of para-hydroxylation sites is 2. The number of rotatable bonds is 7. The molecular formula is C41H30N2O. The number of furan rings is 1. The Kier molecular flexibility index (Phi) is 7.05. The molecule has 7 aromatic rings. The minimum Gasteiger partial charge on any atom is -0.454 e. The Morgan fingerprint density at radius 1 is 0.659 bits per heavy atom. The number of aliphatic imine (C=N–C) groups is 1. The van der Waals surface area contributed by atoms with Gasteiger partial charge in [0.05, 0.1) is 16.9 Å². The summed E-state index contributed by atoms with van der Waals surface area (Å²) >= 11 is 0. The molecule has 0 N–H and O–H groups in total. The summed E-state index contributed by atoms with van der Waals surface area (Å²) in [4.78, 5) is 10.3. The zero-order chi connectivity index (χ0) is 30.0. The monoisotopic (exact) mass is 566 g/mol. The van der Waals surface area contributed by atoms with Crippen molar-refractivity contribution in [2.75, 3.05) is 0 Å². The van der Waals surface area contributed by atoms with E-state index in [1.165, 1.54) is 0 Å². The van der Waals surface area contributed by atoms with E-state index in [9.17, 15) is 0 Å². The summed E-state index contributed by atoms with van der Waals surface area (Å²) in [5.74, 6) is 0. The van der Waals surface area contributed by atoms with Crippen molar-refractivity contribution in [3.05, 3.63) is 175 Å². The van der Waals surface area contributed by atoms with Gasteiger partial charge in [-0.15, -0.1) is 0 Å². The highest BCUT2D eigenvalue weighted by Gasteiger charge is 2.18.